The summed E-state index contributed by atoms with van der Waals surface area (Å²) in [6, 6.07) is 88.8. The molecule has 66 heavy (non-hydrogen) atoms. The van der Waals surface area contributed by atoms with Gasteiger partial charge in [0, 0.05) is 44.3 Å². The van der Waals surface area contributed by atoms with E-state index in [9.17, 15) is 0 Å². The van der Waals surface area contributed by atoms with Crippen LogP contribution in [0.1, 0.15) is 22.3 Å². The summed E-state index contributed by atoms with van der Waals surface area (Å²) in [6.45, 7) is 0. The fourth-order valence-corrected chi connectivity index (χ4v) is 11.4. The van der Waals surface area contributed by atoms with E-state index in [1.807, 2.05) is 0 Å². The molecule has 0 N–H and O–H groups in total. The molecule has 2 heterocycles. The van der Waals surface area contributed by atoms with Crippen molar-refractivity contribution in [3.8, 4) is 39.4 Å². The maximum absolute atomic E-state index is 7.01. The van der Waals surface area contributed by atoms with Gasteiger partial charge >= 0.3 is 0 Å². The summed E-state index contributed by atoms with van der Waals surface area (Å²) in [7, 11) is 0. The van der Waals surface area contributed by atoms with Crippen molar-refractivity contribution in [2.45, 2.75) is 5.41 Å². The Morgan fingerprint density at radius 3 is 1.89 bits per heavy atom. The van der Waals surface area contributed by atoms with Crippen molar-refractivity contribution in [1.29, 1.82) is 0 Å². The zero-order chi connectivity index (χ0) is 43.3. The molecule has 1 aliphatic carbocycles. The Hall–Kier alpha value is -8.66. The molecule has 308 valence electrons. The standard InChI is InChI=1S/C63H40N2O/c1-2-19-46(20-3-1)65-59-26-12-9-23-52(59)53-35-33-48(40-60(53)65)64(58-27-14-18-42-16-6-7-21-49(42)58)47-32-34-51-50-22-8-10-24-54(50)63(57(51)39-47)55-25-11-13-28-61(55)66-62-38-45(31-36-56(62)63)44-30-29-41-15-4-5-17-43(41)37-44/h1-40H. The smallest absolute Gasteiger partial charge is 0.132 e. The van der Waals surface area contributed by atoms with Crippen molar-refractivity contribution >= 4 is 60.4 Å². The van der Waals surface area contributed by atoms with Crippen LogP contribution in [0.4, 0.5) is 17.1 Å². The van der Waals surface area contributed by atoms with Crippen LogP contribution in [0.15, 0.2) is 243 Å². The maximum atomic E-state index is 7.01. The minimum Gasteiger partial charge on any atom is -0.457 e. The molecule has 3 nitrogen and oxygen atoms in total. The van der Waals surface area contributed by atoms with Crippen molar-refractivity contribution < 1.29 is 4.74 Å². The normalized spacial score (nSPS) is 14.5. The van der Waals surface area contributed by atoms with E-state index in [2.05, 4.69) is 252 Å². The number of aromatic nitrogens is 1. The third-order valence-corrected chi connectivity index (χ3v) is 14.2. The Labute approximate surface area is 382 Å². The highest BCUT2D eigenvalue weighted by Crippen LogP contribution is 2.63. The highest BCUT2D eigenvalue weighted by Gasteiger charge is 2.51. The Balaban J connectivity index is 1.03. The average molecular weight is 841 g/mol. The lowest BCUT2D eigenvalue weighted by molar-refractivity contribution is 0.436. The van der Waals surface area contributed by atoms with E-state index in [1.54, 1.807) is 0 Å². The van der Waals surface area contributed by atoms with Gasteiger partial charge in [0.05, 0.1) is 22.1 Å². The molecular weight excluding hydrogens is 801 g/mol. The summed E-state index contributed by atoms with van der Waals surface area (Å²) in [6.07, 6.45) is 0. The minimum absolute atomic E-state index is 0.651. The summed E-state index contributed by atoms with van der Waals surface area (Å²) in [5, 5.41) is 7.28. The van der Waals surface area contributed by atoms with Gasteiger partial charge in [0.2, 0.25) is 0 Å². The van der Waals surface area contributed by atoms with Crippen molar-refractivity contribution in [1.82, 2.24) is 4.57 Å². The first-order valence-corrected chi connectivity index (χ1v) is 22.7. The van der Waals surface area contributed by atoms with Crippen LogP contribution < -0.4 is 9.64 Å². The molecule has 1 atom stereocenters. The topological polar surface area (TPSA) is 17.4 Å². The Kier molecular flexibility index (Phi) is 7.90. The van der Waals surface area contributed by atoms with Crippen LogP contribution in [0.5, 0.6) is 11.5 Å². The third-order valence-electron chi connectivity index (χ3n) is 14.2. The van der Waals surface area contributed by atoms with E-state index in [0.29, 0.717) is 0 Å². The highest BCUT2D eigenvalue weighted by atomic mass is 16.5. The number of fused-ring (bicyclic) bond motifs is 14. The van der Waals surface area contributed by atoms with Gasteiger partial charge in [0.15, 0.2) is 0 Å². The summed E-state index contributed by atoms with van der Waals surface area (Å²) in [4.78, 5) is 2.47. The second-order valence-electron chi connectivity index (χ2n) is 17.6. The second kappa shape index (κ2) is 14.2. The molecule has 11 aromatic carbocycles. The molecule has 2 aliphatic rings. The molecule has 1 aliphatic heterocycles. The molecular formula is C63H40N2O. The average Bonchev–Trinajstić information content (AvgIpc) is 3.86. The first-order chi connectivity index (χ1) is 32.7. The summed E-state index contributed by atoms with van der Waals surface area (Å²) >= 11 is 0. The quantitative estimate of drug-likeness (QED) is 0.172. The van der Waals surface area contributed by atoms with Crippen LogP contribution in [0, 0.1) is 0 Å². The molecule has 12 aromatic rings. The van der Waals surface area contributed by atoms with Crippen LogP contribution in [0.3, 0.4) is 0 Å². The monoisotopic (exact) mass is 840 g/mol. The van der Waals surface area contributed by atoms with Crippen LogP contribution in [0.25, 0.3) is 71.3 Å². The lowest BCUT2D eigenvalue weighted by Crippen LogP contribution is -2.32. The molecule has 0 saturated heterocycles. The van der Waals surface area contributed by atoms with Crippen molar-refractivity contribution in [2.24, 2.45) is 0 Å². The number of hydrogen-bond donors (Lipinski definition) is 0. The summed E-state index contributed by atoms with van der Waals surface area (Å²) in [5.74, 6) is 1.75. The number of benzene rings is 11. The molecule has 1 aromatic heterocycles. The molecule has 0 saturated carbocycles. The summed E-state index contributed by atoms with van der Waals surface area (Å²) < 4.78 is 9.42. The first kappa shape index (κ1) is 36.8. The fraction of sp³-hybridized carbons (Fsp3) is 0.0159. The van der Waals surface area contributed by atoms with E-state index in [1.165, 1.54) is 60.1 Å². The molecule has 14 rings (SSSR count). The predicted molar refractivity (Wildman–Crippen MR) is 273 cm³/mol. The number of para-hydroxylation sites is 3. The number of anilines is 3. The van der Waals surface area contributed by atoms with Crippen LogP contribution in [-0.4, -0.2) is 4.57 Å². The Morgan fingerprint density at radius 2 is 0.985 bits per heavy atom. The SMILES string of the molecule is c1ccc(-n2c3ccccc3c3ccc(N(c4ccc5c(c4)C4(c6ccccc6Oc6cc(-c7ccc8ccccc8c7)ccc64)c4ccccc4-5)c4cccc5ccccc45)cc32)cc1. The minimum atomic E-state index is -0.651. The zero-order valence-corrected chi connectivity index (χ0v) is 35.9. The predicted octanol–water partition coefficient (Wildman–Crippen LogP) is 16.7. The number of hydrogen-bond acceptors (Lipinski definition) is 2. The van der Waals surface area contributed by atoms with Gasteiger partial charge < -0.3 is 14.2 Å². The molecule has 1 spiro atoms. The molecule has 0 fully saturated rings. The molecule has 0 radical (unpaired) electrons. The van der Waals surface area contributed by atoms with Crippen molar-refractivity contribution in [3.05, 3.63) is 265 Å². The van der Waals surface area contributed by atoms with Gasteiger partial charge in [-0.15, -0.1) is 0 Å². The second-order valence-corrected chi connectivity index (χ2v) is 17.6. The Bertz CT molecular complexity index is 3930. The molecule has 0 amide bonds. The number of ether oxygens (including phenoxy) is 1. The highest BCUT2D eigenvalue weighted by molar-refractivity contribution is 6.11. The molecule has 3 heteroatoms. The largest absolute Gasteiger partial charge is 0.457 e. The van der Waals surface area contributed by atoms with Gasteiger partial charge in [-0.3, -0.25) is 0 Å². The lowest BCUT2D eigenvalue weighted by atomic mass is 9.66. The van der Waals surface area contributed by atoms with E-state index in [-0.39, 0.29) is 0 Å². The Morgan fingerprint density at radius 1 is 0.348 bits per heavy atom. The number of rotatable bonds is 5. The van der Waals surface area contributed by atoms with Crippen LogP contribution in [-0.2, 0) is 5.41 Å². The van der Waals surface area contributed by atoms with E-state index in [0.717, 1.165) is 62.0 Å². The van der Waals surface area contributed by atoms with E-state index in [4.69, 9.17) is 4.74 Å². The summed E-state index contributed by atoms with van der Waals surface area (Å²) in [5.41, 5.74) is 15.6. The number of nitrogens with zero attached hydrogens (tertiary/aromatic N) is 2. The van der Waals surface area contributed by atoms with Crippen LogP contribution >= 0.6 is 0 Å². The maximum Gasteiger partial charge on any atom is 0.132 e. The van der Waals surface area contributed by atoms with Gasteiger partial charge in [-0.2, -0.15) is 0 Å². The van der Waals surface area contributed by atoms with Gasteiger partial charge in [-0.1, -0.05) is 176 Å². The van der Waals surface area contributed by atoms with Gasteiger partial charge in [-0.25, -0.2) is 0 Å². The van der Waals surface area contributed by atoms with Crippen molar-refractivity contribution in [2.75, 3.05) is 4.90 Å². The lowest BCUT2D eigenvalue weighted by Gasteiger charge is -2.40. The van der Waals surface area contributed by atoms with E-state index < -0.39 is 5.41 Å². The molecule has 1 unspecified atom stereocenters. The van der Waals surface area contributed by atoms with E-state index >= 15 is 0 Å². The van der Waals surface area contributed by atoms with Crippen molar-refractivity contribution in [3.63, 3.8) is 0 Å². The molecule has 0 bridgehead atoms. The first-order valence-electron chi connectivity index (χ1n) is 22.7. The van der Waals surface area contributed by atoms with Gasteiger partial charge in [-0.05, 0) is 116 Å². The third kappa shape index (κ3) is 5.26. The van der Waals surface area contributed by atoms with Gasteiger partial charge in [0.25, 0.3) is 0 Å². The zero-order valence-electron chi connectivity index (χ0n) is 35.9. The fourth-order valence-electron chi connectivity index (χ4n) is 11.4. The van der Waals surface area contributed by atoms with Crippen LogP contribution in [0.2, 0.25) is 0 Å². The van der Waals surface area contributed by atoms with Gasteiger partial charge in [0.1, 0.15) is 11.5 Å².